The van der Waals surface area contributed by atoms with Crippen molar-refractivity contribution in [2.75, 3.05) is 5.32 Å². The summed E-state index contributed by atoms with van der Waals surface area (Å²) in [6, 6.07) is 0. The summed E-state index contributed by atoms with van der Waals surface area (Å²) in [5, 5.41) is 7.83. The van der Waals surface area contributed by atoms with Gasteiger partial charge in [-0.2, -0.15) is 5.10 Å². The van der Waals surface area contributed by atoms with Crippen LogP contribution >= 0.6 is 11.3 Å². The summed E-state index contributed by atoms with van der Waals surface area (Å²) in [5.74, 6) is 0.374. The Labute approximate surface area is 147 Å². The zero-order valence-electron chi connectivity index (χ0n) is 14.0. The second kappa shape index (κ2) is 6.07. The van der Waals surface area contributed by atoms with Crippen molar-refractivity contribution in [2.45, 2.75) is 32.7 Å². The lowest BCUT2D eigenvalue weighted by atomic mass is 9.93. The monoisotopic (exact) mass is 358 g/mol. The van der Waals surface area contributed by atoms with Crippen molar-refractivity contribution in [1.29, 1.82) is 0 Å². The van der Waals surface area contributed by atoms with Gasteiger partial charge in [-0.15, -0.1) is 11.3 Å². The number of aryl methyl sites for hydroxylation is 2. The molecule has 0 spiro atoms. The Bertz CT molecular complexity index is 1020. The molecule has 0 aliphatic heterocycles. The average molecular weight is 358 g/mol. The summed E-state index contributed by atoms with van der Waals surface area (Å²) in [7, 11) is 1.72. The standard InChI is InChI=1S/C16H18N6O2S/c1-9-3-4-11-12(5-9)25-16(19-11)20-13(23)7-22-8-17-14-10(15(22)24)6-18-21(14)2/h6,8-9H,3-5,7H2,1-2H3,(H,19,20,23)/t9-/m1/s1. The van der Waals surface area contributed by atoms with Gasteiger partial charge in [-0.1, -0.05) is 6.92 Å². The molecule has 0 saturated carbocycles. The summed E-state index contributed by atoms with van der Waals surface area (Å²) in [5.41, 5.74) is 1.32. The van der Waals surface area contributed by atoms with Gasteiger partial charge in [0.05, 0.1) is 11.9 Å². The van der Waals surface area contributed by atoms with Gasteiger partial charge in [-0.25, -0.2) is 9.97 Å². The Morgan fingerprint density at radius 1 is 1.48 bits per heavy atom. The predicted octanol–water partition coefficient (Wildman–Crippen LogP) is 1.35. The maximum atomic E-state index is 12.4. The lowest BCUT2D eigenvalue weighted by Gasteiger charge is -2.15. The van der Waals surface area contributed by atoms with E-state index in [4.69, 9.17) is 0 Å². The molecule has 1 aliphatic carbocycles. The van der Waals surface area contributed by atoms with Crippen molar-refractivity contribution in [1.82, 2.24) is 24.3 Å². The van der Waals surface area contributed by atoms with Gasteiger partial charge >= 0.3 is 0 Å². The lowest BCUT2D eigenvalue weighted by molar-refractivity contribution is -0.116. The third kappa shape index (κ3) is 2.95. The third-order valence-electron chi connectivity index (χ3n) is 4.46. The summed E-state index contributed by atoms with van der Waals surface area (Å²) in [6.45, 7) is 2.13. The highest BCUT2D eigenvalue weighted by Crippen LogP contribution is 2.32. The fraction of sp³-hybridized carbons (Fsp3) is 0.438. The normalized spacial score (nSPS) is 16.8. The first kappa shape index (κ1) is 15.9. The molecule has 9 heteroatoms. The summed E-state index contributed by atoms with van der Waals surface area (Å²) in [4.78, 5) is 34.7. The Morgan fingerprint density at radius 3 is 3.16 bits per heavy atom. The van der Waals surface area contributed by atoms with Crippen LogP contribution in [0.4, 0.5) is 5.13 Å². The number of hydrogen-bond donors (Lipinski definition) is 1. The fourth-order valence-corrected chi connectivity index (χ4v) is 4.27. The number of nitrogens with one attached hydrogen (secondary N) is 1. The van der Waals surface area contributed by atoms with Crippen LogP contribution in [0.15, 0.2) is 17.3 Å². The number of fused-ring (bicyclic) bond motifs is 2. The van der Waals surface area contributed by atoms with Crippen molar-refractivity contribution in [2.24, 2.45) is 13.0 Å². The van der Waals surface area contributed by atoms with E-state index in [1.807, 2.05) is 0 Å². The van der Waals surface area contributed by atoms with E-state index in [0.29, 0.717) is 22.1 Å². The van der Waals surface area contributed by atoms with E-state index in [2.05, 4.69) is 27.3 Å². The molecule has 25 heavy (non-hydrogen) atoms. The van der Waals surface area contributed by atoms with Gasteiger partial charge in [0.2, 0.25) is 5.91 Å². The molecule has 0 radical (unpaired) electrons. The maximum Gasteiger partial charge on any atom is 0.264 e. The van der Waals surface area contributed by atoms with Gasteiger partial charge in [0.25, 0.3) is 5.56 Å². The van der Waals surface area contributed by atoms with Gasteiger partial charge in [0, 0.05) is 11.9 Å². The Balaban J connectivity index is 1.51. The first-order valence-corrected chi connectivity index (χ1v) is 8.98. The van der Waals surface area contributed by atoms with Gasteiger partial charge < -0.3 is 5.32 Å². The van der Waals surface area contributed by atoms with Crippen molar-refractivity contribution in [3.05, 3.63) is 33.4 Å². The van der Waals surface area contributed by atoms with Crippen molar-refractivity contribution < 1.29 is 4.79 Å². The van der Waals surface area contributed by atoms with Gasteiger partial charge in [0.15, 0.2) is 10.8 Å². The number of hydrogen-bond acceptors (Lipinski definition) is 6. The number of carbonyl (C=O) groups is 1. The van der Waals surface area contributed by atoms with E-state index >= 15 is 0 Å². The van der Waals surface area contributed by atoms with Crippen molar-refractivity contribution in [3.63, 3.8) is 0 Å². The highest BCUT2D eigenvalue weighted by atomic mass is 32.1. The average Bonchev–Trinajstić information content (AvgIpc) is 3.13. The smallest absolute Gasteiger partial charge is 0.264 e. The molecule has 1 amide bonds. The Morgan fingerprint density at radius 2 is 2.32 bits per heavy atom. The molecular weight excluding hydrogens is 340 g/mol. The number of nitrogens with zero attached hydrogens (tertiary/aromatic N) is 5. The van der Waals surface area contributed by atoms with Crippen LogP contribution in [0.5, 0.6) is 0 Å². The van der Waals surface area contributed by atoms with E-state index in [1.165, 1.54) is 38.0 Å². The van der Waals surface area contributed by atoms with E-state index in [9.17, 15) is 9.59 Å². The largest absolute Gasteiger partial charge is 0.300 e. The van der Waals surface area contributed by atoms with Crippen LogP contribution < -0.4 is 10.9 Å². The number of rotatable bonds is 3. The number of aromatic nitrogens is 5. The van der Waals surface area contributed by atoms with E-state index in [-0.39, 0.29) is 18.0 Å². The first-order valence-electron chi connectivity index (χ1n) is 8.17. The van der Waals surface area contributed by atoms with Crippen LogP contribution in [0.1, 0.15) is 23.9 Å². The Kier molecular flexibility index (Phi) is 3.87. The SMILES string of the molecule is C[C@@H]1CCc2nc(NC(=O)Cn3cnc4c(cnn4C)c3=O)sc2C1. The molecule has 0 saturated heterocycles. The summed E-state index contributed by atoms with van der Waals surface area (Å²) >= 11 is 1.53. The molecule has 0 bridgehead atoms. The molecular formula is C16H18N6O2S. The number of anilines is 1. The molecule has 1 N–H and O–H groups in total. The predicted molar refractivity (Wildman–Crippen MR) is 94.7 cm³/mol. The number of thiazole rings is 1. The van der Waals surface area contributed by atoms with Crippen LogP contribution in [0.3, 0.4) is 0 Å². The molecule has 130 valence electrons. The third-order valence-corrected chi connectivity index (χ3v) is 5.50. The molecule has 3 aromatic rings. The molecule has 1 atom stereocenters. The fourth-order valence-electron chi connectivity index (χ4n) is 3.09. The minimum Gasteiger partial charge on any atom is -0.300 e. The van der Waals surface area contributed by atoms with E-state index in [0.717, 1.165) is 25.0 Å². The van der Waals surface area contributed by atoms with Gasteiger partial charge in [-0.05, 0) is 25.2 Å². The van der Waals surface area contributed by atoms with Crippen LogP contribution in [0.25, 0.3) is 11.0 Å². The van der Waals surface area contributed by atoms with E-state index < -0.39 is 0 Å². The second-order valence-corrected chi connectivity index (χ2v) is 7.55. The van der Waals surface area contributed by atoms with Crippen molar-refractivity contribution in [3.8, 4) is 0 Å². The minimum atomic E-state index is -0.286. The van der Waals surface area contributed by atoms with E-state index in [1.54, 1.807) is 7.05 Å². The molecule has 8 nitrogen and oxygen atoms in total. The zero-order valence-corrected chi connectivity index (χ0v) is 14.8. The second-order valence-electron chi connectivity index (χ2n) is 6.47. The molecule has 4 rings (SSSR count). The number of amides is 1. The highest BCUT2D eigenvalue weighted by molar-refractivity contribution is 7.15. The summed E-state index contributed by atoms with van der Waals surface area (Å²) in [6.07, 6.45) is 5.96. The molecule has 0 fully saturated rings. The minimum absolute atomic E-state index is 0.0999. The van der Waals surface area contributed by atoms with Gasteiger partial charge in [0.1, 0.15) is 18.3 Å². The maximum absolute atomic E-state index is 12.4. The van der Waals surface area contributed by atoms with Crippen LogP contribution in [0, 0.1) is 5.92 Å². The summed E-state index contributed by atoms with van der Waals surface area (Å²) < 4.78 is 2.82. The van der Waals surface area contributed by atoms with Gasteiger partial charge in [-0.3, -0.25) is 18.8 Å². The lowest BCUT2D eigenvalue weighted by Crippen LogP contribution is -2.27. The van der Waals surface area contributed by atoms with Crippen LogP contribution in [-0.4, -0.2) is 30.2 Å². The highest BCUT2D eigenvalue weighted by Gasteiger charge is 2.20. The number of carbonyl (C=O) groups excluding carboxylic acids is 1. The molecule has 0 unspecified atom stereocenters. The molecule has 3 heterocycles. The molecule has 1 aliphatic rings. The van der Waals surface area contributed by atoms with Crippen molar-refractivity contribution >= 4 is 33.4 Å². The Hall–Kier alpha value is -2.55. The van der Waals surface area contributed by atoms with Crippen LogP contribution in [0.2, 0.25) is 0 Å². The quantitative estimate of drug-likeness (QED) is 0.763. The topological polar surface area (TPSA) is 94.7 Å². The first-order chi connectivity index (χ1) is 12.0. The van der Waals surface area contributed by atoms with Crippen LogP contribution in [-0.2, 0) is 31.2 Å². The molecule has 3 aromatic heterocycles. The zero-order chi connectivity index (χ0) is 17.6. The molecule has 0 aromatic carbocycles.